The standard InChI is InChI=1S/C16H25N5/c1-11-14(10-21(18-11)16(2,3)4)15-12(9-20(5)19-15)8-17-13-6-7-13/h9-10,13,17H,6-8H2,1-5H3. The summed E-state index contributed by atoms with van der Waals surface area (Å²) in [4.78, 5) is 0. The van der Waals surface area contributed by atoms with Crippen LogP contribution in [-0.4, -0.2) is 25.6 Å². The van der Waals surface area contributed by atoms with Gasteiger partial charge in [0.2, 0.25) is 0 Å². The van der Waals surface area contributed by atoms with Crippen molar-refractivity contribution < 1.29 is 0 Å². The molecular weight excluding hydrogens is 262 g/mol. The third kappa shape index (κ3) is 3.02. The van der Waals surface area contributed by atoms with Crippen LogP contribution >= 0.6 is 0 Å². The van der Waals surface area contributed by atoms with Gasteiger partial charge in [-0.2, -0.15) is 10.2 Å². The van der Waals surface area contributed by atoms with Gasteiger partial charge in [0.25, 0.3) is 0 Å². The first-order valence-electron chi connectivity index (χ1n) is 7.67. The second-order valence-corrected chi connectivity index (χ2v) is 7.08. The van der Waals surface area contributed by atoms with Crippen molar-refractivity contribution in [1.29, 1.82) is 0 Å². The molecule has 21 heavy (non-hydrogen) atoms. The van der Waals surface area contributed by atoms with Crippen LogP contribution in [0.3, 0.4) is 0 Å². The fraction of sp³-hybridized carbons (Fsp3) is 0.625. The molecular formula is C16H25N5. The molecule has 0 atom stereocenters. The molecule has 0 bridgehead atoms. The molecule has 3 rings (SSSR count). The number of nitrogens with zero attached hydrogens (tertiary/aromatic N) is 4. The van der Waals surface area contributed by atoms with Crippen LogP contribution in [0.2, 0.25) is 0 Å². The summed E-state index contributed by atoms with van der Waals surface area (Å²) in [5.74, 6) is 0. The normalized spacial score (nSPS) is 15.7. The summed E-state index contributed by atoms with van der Waals surface area (Å²) in [5, 5.41) is 12.9. The number of aryl methyl sites for hydroxylation is 2. The summed E-state index contributed by atoms with van der Waals surface area (Å²) in [5.41, 5.74) is 4.47. The maximum atomic E-state index is 4.66. The minimum absolute atomic E-state index is 0.00971. The zero-order chi connectivity index (χ0) is 15.2. The van der Waals surface area contributed by atoms with Crippen molar-refractivity contribution in [3.63, 3.8) is 0 Å². The molecule has 1 aliphatic rings. The molecule has 0 unspecified atom stereocenters. The average molecular weight is 287 g/mol. The smallest absolute Gasteiger partial charge is 0.100 e. The van der Waals surface area contributed by atoms with Gasteiger partial charge in [0.15, 0.2) is 0 Å². The lowest BCUT2D eigenvalue weighted by atomic mass is 10.1. The van der Waals surface area contributed by atoms with E-state index in [1.165, 1.54) is 18.4 Å². The van der Waals surface area contributed by atoms with Crippen molar-refractivity contribution in [3.8, 4) is 11.3 Å². The molecule has 0 saturated heterocycles. The van der Waals surface area contributed by atoms with E-state index >= 15 is 0 Å². The Kier molecular flexibility index (Phi) is 3.40. The molecule has 0 aliphatic heterocycles. The molecule has 5 nitrogen and oxygen atoms in total. The fourth-order valence-corrected chi connectivity index (χ4v) is 2.47. The van der Waals surface area contributed by atoms with Gasteiger partial charge in [0, 0.05) is 43.2 Å². The molecule has 1 saturated carbocycles. The second-order valence-electron chi connectivity index (χ2n) is 7.08. The Bertz CT molecular complexity index is 640. The average Bonchev–Trinajstić information content (AvgIpc) is 3.02. The molecule has 2 heterocycles. The Labute approximate surface area is 126 Å². The molecule has 5 heteroatoms. The summed E-state index contributed by atoms with van der Waals surface area (Å²) >= 11 is 0. The Balaban J connectivity index is 1.93. The predicted octanol–water partition coefficient (Wildman–Crippen LogP) is 2.60. The third-order valence-electron chi connectivity index (χ3n) is 3.90. The second kappa shape index (κ2) is 4.98. The van der Waals surface area contributed by atoms with E-state index < -0.39 is 0 Å². The highest BCUT2D eigenvalue weighted by Gasteiger charge is 2.23. The lowest BCUT2D eigenvalue weighted by Crippen LogP contribution is -2.22. The van der Waals surface area contributed by atoms with E-state index in [4.69, 9.17) is 0 Å². The first-order chi connectivity index (χ1) is 9.84. The maximum absolute atomic E-state index is 4.66. The number of nitrogens with one attached hydrogen (secondary N) is 1. The first-order valence-corrected chi connectivity index (χ1v) is 7.67. The molecule has 114 valence electrons. The van der Waals surface area contributed by atoms with Gasteiger partial charge in [-0.25, -0.2) is 0 Å². The Hall–Kier alpha value is -1.62. The molecule has 0 aromatic carbocycles. The van der Waals surface area contributed by atoms with Crippen molar-refractivity contribution in [2.24, 2.45) is 7.05 Å². The van der Waals surface area contributed by atoms with Crippen molar-refractivity contribution in [1.82, 2.24) is 24.9 Å². The highest BCUT2D eigenvalue weighted by atomic mass is 15.3. The highest BCUT2D eigenvalue weighted by molar-refractivity contribution is 5.64. The summed E-state index contributed by atoms with van der Waals surface area (Å²) < 4.78 is 3.93. The summed E-state index contributed by atoms with van der Waals surface area (Å²) in [6, 6.07) is 0.705. The van der Waals surface area contributed by atoms with E-state index in [9.17, 15) is 0 Å². The van der Waals surface area contributed by atoms with Crippen LogP contribution in [0.25, 0.3) is 11.3 Å². The Morgan fingerprint density at radius 1 is 1.24 bits per heavy atom. The van der Waals surface area contributed by atoms with Gasteiger partial charge in [-0.15, -0.1) is 0 Å². The number of aromatic nitrogens is 4. The van der Waals surface area contributed by atoms with Crippen LogP contribution in [0.15, 0.2) is 12.4 Å². The van der Waals surface area contributed by atoms with Crippen molar-refractivity contribution >= 4 is 0 Å². The van der Waals surface area contributed by atoms with Crippen molar-refractivity contribution in [3.05, 3.63) is 23.7 Å². The SMILES string of the molecule is Cc1nn(C(C)(C)C)cc1-c1nn(C)cc1CNC1CC1. The summed E-state index contributed by atoms with van der Waals surface area (Å²) in [6.45, 7) is 9.43. The first kappa shape index (κ1) is 14.3. The van der Waals surface area contributed by atoms with E-state index in [0.717, 1.165) is 23.5 Å². The lowest BCUT2D eigenvalue weighted by Gasteiger charge is -2.18. The van der Waals surface area contributed by atoms with Crippen LogP contribution in [-0.2, 0) is 19.1 Å². The Morgan fingerprint density at radius 3 is 2.52 bits per heavy atom. The van der Waals surface area contributed by atoms with Gasteiger partial charge < -0.3 is 5.32 Å². The molecule has 0 spiro atoms. The van der Waals surface area contributed by atoms with E-state index in [1.54, 1.807) is 0 Å². The zero-order valence-corrected chi connectivity index (χ0v) is 13.6. The number of hydrogen-bond acceptors (Lipinski definition) is 3. The van der Waals surface area contributed by atoms with Crippen LogP contribution in [0, 0.1) is 6.92 Å². The Morgan fingerprint density at radius 2 is 1.95 bits per heavy atom. The fourth-order valence-electron chi connectivity index (χ4n) is 2.47. The van der Waals surface area contributed by atoms with E-state index in [1.807, 2.05) is 16.4 Å². The molecule has 0 amide bonds. The molecule has 2 aromatic heterocycles. The number of rotatable bonds is 4. The van der Waals surface area contributed by atoms with Gasteiger partial charge in [-0.3, -0.25) is 9.36 Å². The van der Waals surface area contributed by atoms with Crippen LogP contribution < -0.4 is 5.32 Å². The highest BCUT2D eigenvalue weighted by Crippen LogP contribution is 2.28. The molecule has 0 radical (unpaired) electrons. The third-order valence-corrected chi connectivity index (χ3v) is 3.90. The minimum atomic E-state index is -0.00971. The predicted molar refractivity (Wildman–Crippen MR) is 84.0 cm³/mol. The number of hydrogen-bond donors (Lipinski definition) is 1. The van der Waals surface area contributed by atoms with Gasteiger partial charge in [0.1, 0.15) is 5.69 Å². The van der Waals surface area contributed by atoms with Gasteiger partial charge in [0.05, 0.1) is 11.2 Å². The molecule has 1 N–H and O–H groups in total. The topological polar surface area (TPSA) is 47.7 Å². The van der Waals surface area contributed by atoms with Crippen molar-refractivity contribution in [2.75, 3.05) is 0 Å². The minimum Gasteiger partial charge on any atom is -0.310 e. The van der Waals surface area contributed by atoms with Crippen LogP contribution in [0.4, 0.5) is 0 Å². The zero-order valence-electron chi connectivity index (χ0n) is 13.6. The largest absolute Gasteiger partial charge is 0.310 e. The summed E-state index contributed by atoms with van der Waals surface area (Å²) in [7, 11) is 1.98. The summed E-state index contributed by atoms with van der Waals surface area (Å²) in [6.07, 6.45) is 6.84. The monoisotopic (exact) mass is 287 g/mol. The lowest BCUT2D eigenvalue weighted by molar-refractivity contribution is 0.354. The van der Waals surface area contributed by atoms with Crippen LogP contribution in [0.1, 0.15) is 44.9 Å². The van der Waals surface area contributed by atoms with E-state index in [2.05, 4.69) is 55.6 Å². The molecule has 1 fully saturated rings. The van der Waals surface area contributed by atoms with Crippen LogP contribution in [0.5, 0.6) is 0 Å². The molecule has 1 aliphatic carbocycles. The van der Waals surface area contributed by atoms with E-state index in [0.29, 0.717) is 6.04 Å². The van der Waals surface area contributed by atoms with Crippen molar-refractivity contribution in [2.45, 2.75) is 58.7 Å². The molecule has 2 aromatic rings. The quantitative estimate of drug-likeness (QED) is 0.940. The van der Waals surface area contributed by atoms with Gasteiger partial charge >= 0.3 is 0 Å². The van der Waals surface area contributed by atoms with Gasteiger partial charge in [-0.05, 0) is 40.5 Å². The maximum Gasteiger partial charge on any atom is 0.100 e. The van der Waals surface area contributed by atoms with Gasteiger partial charge in [-0.1, -0.05) is 0 Å². The van der Waals surface area contributed by atoms with E-state index in [-0.39, 0.29) is 5.54 Å².